The second-order valence-corrected chi connectivity index (χ2v) is 4.69. The van der Waals surface area contributed by atoms with E-state index in [4.69, 9.17) is 16.7 Å². The van der Waals surface area contributed by atoms with Gasteiger partial charge in [-0.15, -0.1) is 0 Å². The molecule has 0 aliphatic rings. The molecule has 0 saturated carbocycles. The summed E-state index contributed by atoms with van der Waals surface area (Å²) >= 11 is 6.16. The summed E-state index contributed by atoms with van der Waals surface area (Å²) in [6.45, 7) is 1.95. The van der Waals surface area contributed by atoms with Crippen molar-refractivity contribution in [1.29, 1.82) is 0 Å². The van der Waals surface area contributed by atoms with Crippen LogP contribution in [0.25, 0.3) is 0 Å². The Morgan fingerprint density at radius 3 is 2.63 bits per heavy atom. The van der Waals surface area contributed by atoms with Crippen LogP contribution < -0.4 is 5.32 Å². The van der Waals surface area contributed by atoms with E-state index in [1.54, 1.807) is 12.1 Å². The number of nitrogens with one attached hydrogen (secondary N) is 1. The van der Waals surface area contributed by atoms with Crippen LogP contribution in [0.2, 0.25) is 5.02 Å². The summed E-state index contributed by atoms with van der Waals surface area (Å²) in [7, 11) is 0. The van der Waals surface area contributed by atoms with Gasteiger partial charge < -0.3 is 10.4 Å². The third-order valence-electron chi connectivity index (χ3n) is 2.84. The zero-order valence-electron chi connectivity index (χ0n) is 10.5. The summed E-state index contributed by atoms with van der Waals surface area (Å²) in [5, 5.41) is 12.7. The molecule has 0 atom stereocenters. The Morgan fingerprint density at radius 2 is 1.95 bits per heavy atom. The summed E-state index contributed by atoms with van der Waals surface area (Å²) in [4.78, 5) is 10.9. The number of carboxylic acids is 1. The van der Waals surface area contributed by atoms with Crippen LogP contribution in [0.15, 0.2) is 42.5 Å². The number of rotatable bonds is 4. The third kappa shape index (κ3) is 3.26. The summed E-state index contributed by atoms with van der Waals surface area (Å²) in [6, 6.07) is 13.0. The zero-order valence-corrected chi connectivity index (χ0v) is 11.2. The molecule has 4 heteroatoms. The number of benzene rings is 2. The van der Waals surface area contributed by atoms with Gasteiger partial charge in [-0.3, -0.25) is 4.79 Å². The normalized spacial score (nSPS) is 10.2. The summed E-state index contributed by atoms with van der Waals surface area (Å²) in [5.41, 5.74) is 3.31. The van der Waals surface area contributed by atoms with E-state index in [0.29, 0.717) is 5.02 Å². The molecule has 0 fully saturated rings. The minimum absolute atomic E-state index is 0.0212. The van der Waals surface area contributed by atoms with Gasteiger partial charge in [0.05, 0.1) is 17.1 Å². The Kier molecular flexibility index (Phi) is 4.07. The van der Waals surface area contributed by atoms with Gasteiger partial charge in [0.2, 0.25) is 0 Å². The average Bonchev–Trinajstić information content (AvgIpc) is 2.35. The number of carbonyl (C=O) groups is 1. The zero-order chi connectivity index (χ0) is 13.8. The van der Waals surface area contributed by atoms with Crippen LogP contribution in [0.4, 0.5) is 11.4 Å². The minimum atomic E-state index is -0.856. The SMILES string of the molecule is Cc1cccc(Cl)c1Nc1ccccc1CC(=O)O. The maximum Gasteiger partial charge on any atom is 0.307 e. The Labute approximate surface area is 116 Å². The lowest BCUT2D eigenvalue weighted by Crippen LogP contribution is -2.04. The molecule has 0 aromatic heterocycles. The van der Waals surface area contributed by atoms with Gasteiger partial charge in [0.15, 0.2) is 0 Å². The quantitative estimate of drug-likeness (QED) is 0.886. The number of aliphatic carboxylic acids is 1. The van der Waals surface area contributed by atoms with E-state index in [0.717, 1.165) is 22.5 Å². The number of aryl methyl sites for hydroxylation is 1. The van der Waals surface area contributed by atoms with Crippen LogP contribution in [0.1, 0.15) is 11.1 Å². The molecule has 0 bridgehead atoms. The van der Waals surface area contributed by atoms with E-state index in [-0.39, 0.29) is 6.42 Å². The van der Waals surface area contributed by atoms with Crippen LogP contribution in [-0.4, -0.2) is 11.1 Å². The molecule has 2 N–H and O–H groups in total. The molecule has 0 saturated heterocycles. The second-order valence-electron chi connectivity index (χ2n) is 4.28. The maximum atomic E-state index is 10.9. The van der Waals surface area contributed by atoms with Crippen molar-refractivity contribution in [2.24, 2.45) is 0 Å². The van der Waals surface area contributed by atoms with Crippen molar-refractivity contribution in [3.05, 3.63) is 58.6 Å². The minimum Gasteiger partial charge on any atom is -0.481 e. The van der Waals surface area contributed by atoms with E-state index in [1.807, 2.05) is 37.3 Å². The first-order valence-electron chi connectivity index (χ1n) is 5.90. The van der Waals surface area contributed by atoms with Crippen LogP contribution >= 0.6 is 11.6 Å². The Hall–Kier alpha value is -2.00. The third-order valence-corrected chi connectivity index (χ3v) is 3.16. The van der Waals surface area contributed by atoms with Gasteiger partial charge in [0.25, 0.3) is 0 Å². The van der Waals surface area contributed by atoms with E-state index >= 15 is 0 Å². The molecule has 0 spiro atoms. The highest BCUT2D eigenvalue weighted by atomic mass is 35.5. The first-order chi connectivity index (χ1) is 9.08. The van der Waals surface area contributed by atoms with E-state index < -0.39 is 5.97 Å². The van der Waals surface area contributed by atoms with Crippen LogP contribution in [0.3, 0.4) is 0 Å². The fourth-order valence-electron chi connectivity index (χ4n) is 1.88. The van der Waals surface area contributed by atoms with Gasteiger partial charge in [0.1, 0.15) is 0 Å². The van der Waals surface area contributed by atoms with Crippen LogP contribution in [-0.2, 0) is 11.2 Å². The van der Waals surface area contributed by atoms with Crippen molar-refractivity contribution in [2.75, 3.05) is 5.32 Å². The van der Waals surface area contributed by atoms with Crippen molar-refractivity contribution in [3.8, 4) is 0 Å². The fourth-order valence-corrected chi connectivity index (χ4v) is 2.15. The molecule has 98 valence electrons. The van der Waals surface area contributed by atoms with E-state index in [1.165, 1.54) is 0 Å². The highest BCUT2D eigenvalue weighted by Crippen LogP contribution is 2.30. The molecule has 0 unspecified atom stereocenters. The summed E-state index contributed by atoms with van der Waals surface area (Å²) in [5.74, 6) is -0.856. The highest BCUT2D eigenvalue weighted by Gasteiger charge is 2.09. The molecular formula is C15H14ClNO2. The van der Waals surface area contributed by atoms with Gasteiger partial charge in [-0.2, -0.15) is 0 Å². The number of halogens is 1. The smallest absolute Gasteiger partial charge is 0.307 e. The lowest BCUT2D eigenvalue weighted by atomic mass is 10.1. The lowest BCUT2D eigenvalue weighted by molar-refractivity contribution is -0.136. The van der Waals surface area contributed by atoms with Gasteiger partial charge in [-0.1, -0.05) is 41.9 Å². The number of carboxylic acid groups (broad SMARTS) is 1. The topological polar surface area (TPSA) is 49.3 Å². The first-order valence-corrected chi connectivity index (χ1v) is 6.27. The van der Waals surface area contributed by atoms with Gasteiger partial charge >= 0.3 is 5.97 Å². The maximum absolute atomic E-state index is 10.9. The Bertz CT molecular complexity index is 591. The number of hydrogen-bond donors (Lipinski definition) is 2. The van der Waals surface area contributed by atoms with Gasteiger partial charge in [-0.25, -0.2) is 0 Å². The number of hydrogen-bond acceptors (Lipinski definition) is 2. The van der Waals surface area contributed by atoms with Crippen molar-refractivity contribution in [3.63, 3.8) is 0 Å². The molecule has 0 heterocycles. The lowest BCUT2D eigenvalue weighted by Gasteiger charge is -2.14. The standard InChI is InChI=1S/C15H14ClNO2/c1-10-5-4-7-12(16)15(10)17-13-8-3-2-6-11(13)9-14(18)19/h2-8,17H,9H2,1H3,(H,18,19). The second kappa shape index (κ2) is 5.76. The van der Waals surface area contributed by atoms with Crippen molar-refractivity contribution < 1.29 is 9.90 Å². The van der Waals surface area contributed by atoms with Crippen molar-refractivity contribution in [1.82, 2.24) is 0 Å². The average molecular weight is 276 g/mol. The van der Waals surface area contributed by atoms with Crippen LogP contribution in [0, 0.1) is 6.92 Å². The van der Waals surface area contributed by atoms with Gasteiger partial charge in [0, 0.05) is 5.69 Å². The summed E-state index contributed by atoms with van der Waals surface area (Å²) < 4.78 is 0. The summed E-state index contributed by atoms with van der Waals surface area (Å²) in [6.07, 6.45) is -0.0212. The van der Waals surface area contributed by atoms with Gasteiger partial charge in [-0.05, 0) is 30.2 Å². The van der Waals surface area contributed by atoms with Crippen molar-refractivity contribution in [2.45, 2.75) is 13.3 Å². The Balaban J connectivity index is 2.36. The van der Waals surface area contributed by atoms with E-state index in [9.17, 15) is 4.79 Å². The first kappa shape index (κ1) is 13.4. The molecule has 19 heavy (non-hydrogen) atoms. The molecule has 2 aromatic rings. The molecule has 0 aliphatic carbocycles. The molecule has 2 aromatic carbocycles. The monoisotopic (exact) mass is 275 g/mol. The number of para-hydroxylation sites is 2. The predicted octanol–water partition coefficient (Wildman–Crippen LogP) is 4.02. The highest BCUT2D eigenvalue weighted by molar-refractivity contribution is 6.33. The molecule has 0 radical (unpaired) electrons. The van der Waals surface area contributed by atoms with Crippen LogP contribution in [0.5, 0.6) is 0 Å². The number of anilines is 2. The molecular weight excluding hydrogens is 262 g/mol. The van der Waals surface area contributed by atoms with Crippen molar-refractivity contribution >= 4 is 28.9 Å². The largest absolute Gasteiger partial charge is 0.481 e. The Morgan fingerprint density at radius 1 is 1.21 bits per heavy atom. The van der Waals surface area contributed by atoms with E-state index in [2.05, 4.69) is 5.32 Å². The molecule has 2 rings (SSSR count). The molecule has 0 aliphatic heterocycles. The fraction of sp³-hybridized carbons (Fsp3) is 0.133. The molecule has 3 nitrogen and oxygen atoms in total. The molecule has 0 amide bonds. The predicted molar refractivity (Wildman–Crippen MR) is 77.3 cm³/mol.